The Bertz CT molecular complexity index is 691. The highest BCUT2D eigenvalue weighted by Crippen LogP contribution is 2.27. The summed E-state index contributed by atoms with van der Waals surface area (Å²) in [6.07, 6.45) is -0.0565. The van der Waals surface area contributed by atoms with Crippen molar-refractivity contribution in [1.29, 1.82) is 0 Å². The lowest BCUT2D eigenvalue weighted by Gasteiger charge is -2.39. The molecule has 0 aliphatic carbocycles. The van der Waals surface area contributed by atoms with Crippen molar-refractivity contribution in [3.8, 4) is 0 Å². The molecule has 2 aromatic carbocycles. The van der Waals surface area contributed by atoms with Crippen LogP contribution in [0.1, 0.15) is 23.6 Å². The fraction of sp³-hybridized carbons (Fsp3) is 0.381. The second-order valence-corrected chi connectivity index (χ2v) is 7.67. The maximum atomic E-state index is 10.7. The number of carbonyl (C=O) groups is 1. The molecule has 0 saturated carbocycles. The van der Waals surface area contributed by atoms with E-state index in [2.05, 4.69) is 69.1 Å². The minimum absolute atomic E-state index is 0.327. The third kappa shape index (κ3) is 6.27. The summed E-state index contributed by atoms with van der Waals surface area (Å²) < 4.78 is 2.40. The number of rotatable bonds is 8. The van der Waals surface area contributed by atoms with E-state index in [0.717, 1.165) is 44.9 Å². The molecule has 1 amide bonds. The number of piperazine rings is 1. The third-order valence-electron chi connectivity index (χ3n) is 4.93. The zero-order valence-electron chi connectivity index (χ0n) is 15.5. The molecule has 5 nitrogen and oxygen atoms in total. The quantitative estimate of drug-likeness (QED) is 0.534. The smallest absolute Gasteiger partial charge is 0.414 e. The number of benzene rings is 2. The van der Waals surface area contributed by atoms with Gasteiger partial charge in [-0.3, -0.25) is 14.5 Å². The van der Waals surface area contributed by atoms with Crippen LogP contribution in [0.2, 0.25) is 0 Å². The van der Waals surface area contributed by atoms with Gasteiger partial charge in [-0.15, -0.1) is 0 Å². The van der Waals surface area contributed by atoms with E-state index < -0.39 is 6.09 Å². The summed E-state index contributed by atoms with van der Waals surface area (Å²) in [5.41, 5.74) is 2.67. The van der Waals surface area contributed by atoms with E-state index in [9.17, 15) is 4.79 Å². The highest BCUT2D eigenvalue weighted by atomic mass is 32.2. The van der Waals surface area contributed by atoms with Crippen LogP contribution in [0.4, 0.5) is 4.79 Å². The van der Waals surface area contributed by atoms with Gasteiger partial charge in [0, 0.05) is 44.5 Å². The van der Waals surface area contributed by atoms with Gasteiger partial charge in [0.15, 0.2) is 0 Å². The first-order valence-corrected chi connectivity index (χ1v) is 10.4. The van der Waals surface area contributed by atoms with Gasteiger partial charge >= 0.3 is 6.09 Å². The lowest BCUT2D eigenvalue weighted by Crippen LogP contribution is -2.47. The fourth-order valence-corrected chi connectivity index (χ4v) is 4.16. The minimum Gasteiger partial charge on any atom is -0.464 e. The average Bonchev–Trinajstić information content (AvgIpc) is 2.70. The van der Waals surface area contributed by atoms with E-state index in [-0.39, 0.29) is 0 Å². The molecule has 0 bridgehead atoms. The normalized spacial score (nSPS) is 16.7. The molecule has 27 heavy (non-hydrogen) atoms. The topological polar surface area (TPSA) is 55.8 Å². The lowest BCUT2D eigenvalue weighted by atomic mass is 10.0. The Morgan fingerprint density at radius 3 is 2.26 bits per heavy atom. The molecular formula is C21H27N3O2S. The van der Waals surface area contributed by atoms with E-state index in [1.807, 2.05) is 6.07 Å². The Kier molecular flexibility index (Phi) is 7.56. The summed E-state index contributed by atoms with van der Waals surface area (Å²) in [7, 11) is 0. The molecule has 0 spiro atoms. The van der Waals surface area contributed by atoms with E-state index >= 15 is 0 Å². The van der Waals surface area contributed by atoms with E-state index in [1.54, 1.807) is 0 Å². The van der Waals surface area contributed by atoms with Gasteiger partial charge in [0.25, 0.3) is 0 Å². The molecule has 1 aliphatic rings. The number of carboxylic acid groups (broad SMARTS) is 1. The summed E-state index contributed by atoms with van der Waals surface area (Å²) in [5, 5.41) is 8.75. The van der Waals surface area contributed by atoms with Gasteiger partial charge in [-0.2, -0.15) is 0 Å². The summed E-state index contributed by atoms with van der Waals surface area (Å²) >= 11 is 1.26. The molecule has 6 heteroatoms. The van der Waals surface area contributed by atoms with Gasteiger partial charge < -0.3 is 5.11 Å². The first-order chi connectivity index (χ1) is 13.2. The van der Waals surface area contributed by atoms with Crippen molar-refractivity contribution in [3.05, 3.63) is 71.8 Å². The largest absolute Gasteiger partial charge is 0.464 e. The van der Waals surface area contributed by atoms with Crippen molar-refractivity contribution < 1.29 is 9.90 Å². The lowest BCUT2D eigenvalue weighted by molar-refractivity contribution is 0.0901. The molecule has 3 rings (SSSR count). The summed E-state index contributed by atoms with van der Waals surface area (Å²) in [4.78, 5) is 15.7. The van der Waals surface area contributed by atoms with E-state index in [1.165, 1.54) is 23.1 Å². The van der Waals surface area contributed by atoms with Crippen molar-refractivity contribution in [2.45, 2.75) is 19.0 Å². The SMILES string of the molecule is O=C(O)NSCCC(c1ccccc1)N1CCN(Cc2ccccc2)CC1. The Balaban J connectivity index is 1.56. The summed E-state index contributed by atoms with van der Waals surface area (Å²) in [5.74, 6) is 0.760. The van der Waals surface area contributed by atoms with Crippen LogP contribution in [0, 0.1) is 0 Å². The highest BCUT2D eigenvalue weighted by molar-refractivity contribution is 7.97. The third-order valence-corrected chi connectivity index (χ3v) is 5.69. The Morgan fingerprint density at radius 2 is 1.63 bits per heavy atom. The summed E-state index contributed by atoms with van der Waals surface area (Å²) in [6, 6.07) is 21.5. The van der Waals surface area contributed by atoms with Crippen LogP contribution >= 0.6 is 11.9 Å². The monoisotopic (exact) mass is 385 g/mol. The molecule has 1 heterocycles. The van der Waals surface area contributed by atoms with Crippen LogP contribution in [-0.2, 0) is 6.54 Å². The van der Waals surface area contributed by atoms with Gasteiger partial charge in [-0.25, -0.2) is 4.79 Å². The maximum Gasteiger partial charge on any atom is 0.414 e. The van der Waals surface area contributed by atoms with Crippen molar-refractivity contribution in [3.63, 3.8) is 0 Å². The molecule has 1 unspecified atom stereocenters. The molecular weight excluding hydrogens is 358 g/mol. The van der Waals surface area contributed by atoms with Gasteiger partial charge in [-0.1, -0.05) is 60.7 Å². The standard InChI is InChI=1S/C21H27N3O2S/c25-21(26)22-27-16-11-20(19-9-5-2-6-10-19)24-14-12-23(13-15-24)17-18-7-3-1-4-8-18/h1-10,20,22H,11-17H2,(H,25,26). The first kappa shape index (κ1) is 19.7. The zero-order chi connectivity index (χ0) is 18.9. The second-order valence-electron chi connectivity index (χ2n) is 6.77. The van der Waals surface area contributed by atoms with Crippen molar-refractivity contribution in [1.82, 2.24) is 14.5 Å². The van der Waals surface area contributed by atoms with Crippen LogP contribution in [-0.4, -0.2) is 52.9 Å². The molecule has 144 valence electrons. The van der Waals surface area contributed by atoms with Crippen LogP contribution in [0.25, 0.3) is 0 Å². The predicted octanol–water partition coefficient (Wildman–Crippen LogP) is 3.85. The van der Waals surface area contributed by atoms with Crippen molar-refractivity contribution in [2.75, 3.05) is 31.9 Å². The van der Waals surface area contributed by atoms with Gasteiger partial charge in [-0.05, 0) is 29.5 Å². The maximum absolute atomic E-state index is 10.7. The second kappa shape index (κ2) is 10.3. The number of nitrogens with zero attached hydrogens (tertiary/aromatic N) is 2. The highest BCUT2D eigenvalue weighted by Gasteiger charge is 2.24. The molecule has 1 aliphatic heterocycles. The molecule has 1 fully saturated rings. The molecule has 2 N–H and O–H groups in total. The number of hydrogen-bond acceptors (Lipinski definition) is 4. The van der Waals surface area contributed by atoms with Gasteiger partial charge in [0.05, 0.1) is 0 Å². The first-order valence-electron chi connectivity index (χ1n) is 9.38. The Hall–Kier alpha value is -2.02. The van der Waals surface area contributed by atoms with E-state index in [4.69, 9.17) is 5.11 Å². The number of hydrogen-bond donors (Lipinski definition) is 2. The molecule has 1 saturated heterocycles. The number of amides is 1. The molecule has 0 aromatic heterocycles. The van der Waals surface area contributed by atoms with Crippen LogP contribution in [0.5, 0.6) is 0 Å². The van der Waals surface area contributed by atoms with Crippen LogP contribution < -0.4 is 4.72 Å². The Morgan fingerprint density at radius 1 is 1.00 bits per heavy atom. The van der Waals surface area contributed by atoms with E-state index in [0.29, 0.717) is 6.04 Å². The van der Waals surface area contributed by atoms with Crippen molar-refractivity contribution in [2.24, 2.45) is 0 Å². The van der Waals surface area contributed by atoms with Gasteiger partial charge in [0.2, 0.25) is 0 Å². The Labute approximate surface area is 165 Å². The van der Waals surface area contributed by atoms with Gasteiger partial charge in [0.1, 0.15) is 0 Å². The minimum atomic E-state index is -0.981. The molecule has 2 aromatic rings. The zero-order valence-corrected chi connectivity index (χ0v) is 16.3. The number of nitrogens with one attached hydrogen (secondary N) is 1. The summed E-state index contributed by atoms with van der Waals surface area (Å²) in [6.45, 7) is 5.17. The molecule has 1 atom stereocenters. The van der Waals surface area contributed by atoms with Crippen LogP contribution in [0.3, 0.4) is 0 Å². The average molecular weight is 386 g/mol. The van der Waals surface area contributed by atoms with Crippen molar-refractivity contribution >= 4 is 18.0 Å². The van der Waals surface area contributed by atoms with Crippen LogP contribution in [0.15, 0.2) is 60.7 Å². The predicted molar refractivity (Wildman–Crippen MR) is 111 cm³/mol. The fourth-order valence-electron chi connectivity index (χ4n) is 3.59. The molecule has 0 radical (unpaired) electrons.